The highest BCUT2D eigenvalue weighted by Gasteiger charge is 2.16. The lowest BCUT2D eigenvalue weighted by Gasteiger charge is -2.32. The largest absolute Gasteiger partial charge is 0.370 e. The van der Waals surface area contributed by atoms with E-state index in [4.69, 9.17) is 5.73 Å². The van der Waals surface area contributed by atoms with E-state index in [2.05, 4.69) is 54.2 Å². The average molecular weight is 302 g/mol. The molecule has 22 heavy (non-hydrogen) atoms. The van der Waals surface area contributed by atoms with E-state index in [0.717, 1.165) is 18.8 Å². The van der Waals surface area contributed by atoms with Gasteiger partial charge in [-0.2, -0.15) is 0 Å². The van der Waals surface area contributed by atoms with Crippen LogP contribution in [0.1, 0.15) is 51.5 Å². The van der Waals surface area contributed by atoms with Gasteiger partial charge in [0.15, 0.2) is 5.96 Å². The molecule has 1 heterocycles. The number of hydrogen-bond donors (Lipinski definition) is 2. The molecule has 122 valence electrons. The van der Waals surface area contributed by atoms with E-state index >= 15 is 0 Å². The van der Waals surface area contributed by atoms with E-state index in [9.17, 15) is 0 Å². The highest BCUT2D eigenvalue weighted by atomic mass is 15.2. The molecule has 1 aliphatic heterocycles. The molecule has 1 aromatic carbocycles. The quantitative estimate of drug-likeness (QED) is 0.647. The lowest BCUT2D eigenvalue weighted by molar-refractivity contribution is 0.166. The maximum absolute atomic E-state index is 6.00. The first-order valence-electron chi connectivity index (χ1n) is 8.47. The Bertz CT molecular complexity index is 496. The Labute approximate surface area is 134 Å². The van der Waals surface area contributed by atoms with Crippen LogP contribution < -0.4 is 11.1 Å². The summed E-state index contributed by atoms with van der Waals surface area (Å²) in [6.07, 6.45) is 3.97. The first kappa shape index (κ1) is 16.8. The third-order valence-corrected chi connectivity index (χ3v) is 4.44. The fourth-order valence-electron chi connectivity index (χ4n) is 2.95. The number of piperidine rings is 1. The minimum absolute atomic E-state index is 0.505. The van der Waals surface area contributed by atoms with Gasteiger partial charge in [-0.05, 0) is 49.9 Å². The van der Waals surface area contributed by atoms with Gasteiger partial charge in [-0.15, -0.1) is 0 Å². The summed E-state index contributed by atoms with van der Waals surface area (Å²) in [5.74, 6) is 1.02. The SMILES string of the molecule is CC(C)c1cccc(NC(N)=NCCN2CCCCC2C)c1. The van der Waals surface area contributed by atoms with Crippen LogP contribution in [0.5, 0.6) is 0 Å². The third kappa shape index (κ3) is 5.02. The predicted molar refractivity (Wildman–Crippen MR) is 95.5 cm³/mol. The molecule has 1 unspecified atom stereocenters. The van der Waals surface area contributed by atoms with Gasteiger partial charge in [0, 0.05) is 18.3 Å². The highest BCUT2D eigenvalue weighted by Crippen LogP contribution is 2.18. The van der Waals surface area contributed by atoms with E-state index in [1.165, 1.54) is 31.4 Å². The molecule has 0 amide bonds. The van der Waals surface area contributed by atoms with Gasteiger partial charge in [0.1, 0.15) is 0 Å². The second-order valence-electron chi connectivity index (χ2n) is 6.55. The summed E-state index contributed by atoms with van der Waals surface area (Å²) in [5.41, 5.74) is 8.32. The maximum Gasteiger partial charge on any atom is 0.193 e. The topological polar surface area (TPSA) is 53.6 Å². The van der Waals surface area contributed by atoms with Crippen LogP contribution >= 0.6 is 0 Å². The summed E-state index contributed by atoms with van der Waals surface area (Å²) in [6.45, 7) is 9.64. The lowest BCUT2D eigenvalue weighted by Crippen LogP contribution is -2.39. The summed E-state index contributed by atoms with van der Waals surface area (Å²) in [7, 11) is 0. The van der Waals surface area contributed by atoms with Gasteiger partial charge in [-0.3, -0.25) is 9.89 Å². The molecular formula is C18H30N4. The molecule has 0 aliphatic carbocycles. The molecule has 1 saturated heterocycles. The van der Waals surface area contributed by atoms with Crippen LogP contribution in [0.3, 0.4) is 0 Å². The van der Waals surface area contributed by atoms with E-state index in [1.807, 2.05) is 6.07 Å². The Morgan fingerprint density at radius 3 is 2.95 bits per heavy atom. The van der Waals surface area contributed by atoms with Gasteiger partial charge in [0.2, 0.25) is 0 Å². The molecule has 0 spiro atoms. The van der Waals surface area contributed by atoms with Gasteiger partial charge in [-0.1, -0.05) is 32.4 Å². The summed E-state index contributed by atoms with van der Waals surface area (Å²) in [5, 5.41) is 3.20. The molecular weight excluding hydrogens is 272 g/mol. The molecule has 0 aromatic heterocycles. The maximum atomic E-state index is 6.00. The van der Waals surface area contributed by atoms with Crippen LogP contribution in [0.4, 0.5) is 5.69 Å². The van der Waals surface area contributed by atoms with E-state index in [1.54, 1.807) is 0 Å². The monoisotopic (exact) mass is 302 g/mol. The Morgan fingerprint density at radius 1 is 1.41 bits per heavy atom. The smallest absolute Gasteiger partial charge is 0.193 e. The summed E-state index contributed by atoms with van der Waals surface area (Å²) >= 11 is 0. The number of nitrogens with one attached hydrogen (secondary N) is 1. The van der Waals surface area contributed by atoms with Gasteiger partial charge in [-0.25, -0.2) is 0 Å². The number of aliphatic imine (C=N–C) groups is 1. The van der Waals surface area contributed by atoms with Crippen molar-refractivity contribution < 1.29 is 0 Å². The molecule has 1 fully saturated rings. The normalized spacial score (nSPS) is 20.4. The Kier molecular flexibility index (Phi) is 6.25. The van der Waals surface area contributed by atoms with Crippen molar-refractivity contribution in [3.8, 4) is 0 Å². The molecule has 1 atom stereocenters. The van der Waals surface area contributed by atoms with Crippen molar-refractivity contribution >= 4 is 11.6 Å². The van der Waals surface area contributed by atoms with Crippen molar-refractivity contribution in [1.29, 1.82) is 0 Å². The predicted octanol–water partition coefficient (Wildman–Crippen LogP) is 3.41. The fraction of sp³-hybridized carbons (Fsp3) is 0.611. The fourth-order valence-corrected chi connectivity index (χ4v) is 2.95. The Balaban J connectivity index is 1.83. The van der Waals surface area contributed by atoms with Gasteiger partial charge >= 0.3 is 0 Å². The highest BCUT2D eigenvalue weighted by molar-refractivity contribution is 5.92. The molecule has 1 aromatic rings. The number of rotatable bonds is 5. The van der Waals surface area contributed by atoms with Gasteiger partial charge in [0.25, 0.3) is 0 Å². The second-order valence-corrected chi connectivity index (χ2v) is 6.55. The minimum atomic E-state index is 0.505. The molecule has 3 N–H and O–H groups in total. The number of nitrogens with zero attached hydrogens (tertiary/aromatic N) is 2. The summed E-state index contributed by atoms with van der Waals surface area (Å²) < 4.78 is 0. The zero-order valence-corrected chi connectivity index (χ0v) is 14.2. The second kappa shape index (κ2) is 8.18. The molecule has 2 rings (SSSR count). The summed E-state index contributed by atoms with van der Waals surface area (Å²) in [6, 6.07) is 9.04. The first-order chi connectivity index (χ1) is 10.6. The zero-order chi connectivity index (χ0) is 15.9. The lowest BCUT2D eigenvalue weighted by atomic mass is 10.0. The van der Waals surface area contributed by atoms with Crippen LogP contribution in [0.15, 0.2) is 29.3 Å². The minimum Gasteiger partial charge on any atom is -0.370 e. The van der Waals surface area contributed by atoms with E-state index in [-0.39, 0.29) is 0 Å². The number of nitrogens with two attached hydrogens (primary N) is 1. The molecule has 0 bridgehead atoms. The molecule has 1 aliphatic rings. The van der Waals surface area contributed by atoms with Crippen LogP contribution in [0.2, 0.25) is 0 Å². The van der Waals surface area contributed by atoms with Crippen molar-refractivity contribution in [3.05, 3.63) is 29.8 Å². The van der Waals surface area contributed by atoms with Crippen molar-refractivity contribution in [1.82, 2.24) is 4.90 Å². The summed E-state index contributed by atoms with van der Waals surface area (Å²) in [4.78, 5) is 6.98. The average Bonchev–Trinajstić information content (AvgIpc) is 2.49. The van der Waals surface area contributed by atoms with Crippen LogP contribution in [-0.2, 0) is 0 Å². The van der Waals surface area contributed by atoms with Crippen molar-refractivity contribution in [2.75, 3.05) is 25.0 Å². The van der Waals surface area contributed by atoms with Crippen molar-refractivity contribution in [3.63, 3.8) is 0 Å². The first-order valence-corrected chi connectivity index (χ1v) is 8.47. The molecule has 0 saturated carbocycles. The van der Waals surface area contributed by atoms with Gasteiger partial charge in [0.05, 0.1) is 6.54 Å². The number of benzene rings is 1. The third-order valence-electron chi connectivity index (χ3n) is 4.44. The van der Waals surface area contributed by atoms with Crippen molar-refractivity contribution in [2.24, 2.45) is 10.7 Å². The number of likely N-dealkylation sites (tertiary alicyclic amines) is 1. The zero-order valence-electron chi connectivity index (χ0n) is 14.2. The number of anilines is 1. The Hall–Kier alpha value is -1.55. The Morgan fingerprint density at radius 2 is 2.23 bits per heavy atom. The van der Waals surface area contributed by atoms with Crippen LogP contribution in [-0.4, -0.2) is 36.5 Å². The molecule has 4 nitrogen and oxygen atoms in total. The molecule has 0 radical (unpaired) electrons. The number of hydrogen-bond acceptors (Lipinski definition) is 2. The van der Waals surface area contributed by atoms with Gasteiger partial charge < -0.3 is 11.1 Å². The molecule has 4 heteroatoms. The van der Waals surface area contributed by atoms with Crippen molar-refractivity contribution in [2.45, 2.75) is 52.0 Å². The standard InChI is InChI=1S/C18H30N4/c1-14(2)16-8-6-9-17(13-16)21-18(19)20-10-12-22-11-5-4-7-15(22)3/h6,8-9,13-15H,4-5,7,10-12H2,1-3H3,(H3,19,20,21). The van der Waals surface area contributed by atoms with E-state index in [0.29, 0.717) is 17.9 Å². The van der Waals surface area contributed by atoms with Crippen LogP contribution in [0, 0.1) is 0 Å². The number of guanidine groups is 1. The van der Waals surface area contributed by atoms with Crippen LogP contribution in [0.25, 0.3) is 0 Å². The van der Waals surface area contributed by atoms with E-state index < -0.39 is 0 Å².